The number of halogens is 3. The Labute approximate surface area is 155 Å². The number of nitrogens with one attached hydrogen (secondary N) is 1. The van der Waals surface area contributed by atoms with Gasteiger partial charge in [-0.2, -0.15) is 13.2 Å². The second-order valence-corrected chi connectivity index (χ2v) is 6.27. The number of thiazole rings is 1. The number of amides is 1. The maximum absolute atomic E-state index is 12.0. The molecule has 0 saturated heterocycles. The Morgan fingerprint density at radius 2 is 1.96 bits per heavy atom. The molecule has 3 aromatic rings. The van der Waals surface area contributed by atoms with Crippen LogP contribution in [0.3, 0.4) is 0 Å². The fourth-order valence-corrected chi connectivity index (χ4v) is 2.72. The first kappa shape index (κ1) is 20.4. The van der Waals surface area contributed by atoms with Crippen molar-refractivity contribution in [3.8, 4) is 0 Å². The molecule has 0 fully saturated rings. The summed E-state index contributed by atoms with van der Waals surface area (Å²) in [5, 5.41) is 12.9. The van der Waals surface area contributed by atoms with Crippen molar-refractivity contribution in [3.05, 3.63) is 46.7 Å². The van der Waals surface area contributed by atoms with Crippen molar-refractivity contribution >= 4 is 34.2 Å². The summed E-state index contributed by atoms with van der Waals surface area (Å²) in [6.45, 7) is 2.69. The summed E-state index contributed by atoms with van der Waals surface area (Å²) in [5.41, 5.74) is 2.85. The van der Waals surface area contributed by atoms with Gasteiger partial charge in [0.05, 0.1) is 23.9 Å². The van der Waals surface area contributed by atoms with Crippen molar-refractivity contribution < 1.29 is 27.9 Å². The molecule has 0 radical (unpaired) electrons. The summed E-state index contributed by atoms with van der Waals surface area (Å²) >= 11 is 1.56. The second-order valence-electron chi connectivity index (χ2n) is 5.32. The lowest BCUT2D eigenvalue weighted by Crippen LogP contribution is -2.26. The van der Waals surface area contributed by atoms with Gasteiger partial charge in [0.1, 0.15) is 11.6 Å². The first-order chi connectivity index (χ1) is 12.7. The highest BCUT2D eigenvalue weighted by atomic mass is 32.1. The molecule has 0 aliphatic rings. The first-order valence-electron chi connectivity index (χ1n) is 7.54. The molecule has 1 aromatic carbocycles. The van der Waals surface area contributed by atoms with E-state index in [1.165, 1.54) is 0 Å². The molecule has 0 aliphatic carbocycles. The summed E-state index contributed by atoms with van der Waals surface area (Å²) < 4.78 is 33.6. The molecular formula is C16H15F3N4O3S. The van der Waals surface area contributed by atoms with Crippen molar-refractivity contribution in [2.45, 2.75) is 26.2 Å². The fraction of sp³-hybridized carbons (Fsp3) is 0.250. The lowest BCUT2D eigenvalue weighted by Gasteiger charge is -2.05. The molecule has 2 heterocycles. The summed E-state index contributed by atoms with van der Waals surface area (Å²) in [6.07, 6.45) is -3.39. The number of aliphatic carboxylic acids is 1. The van der Waals surface area contributed by atoms with Gasteiger partial charge in [0.25, 0.3) is 0 Å². The monoisotopic (exact) mass is 400 g/mol. The zero-order valence-corrected chi connectivity index (χ0v) is 14.8. The van der Waals surface area contributed by atoms with Crippen molar-refractivity contribution in [1.29, 1.82) is 0 Å². The highest BCUT2D eigenvalue weighted by molar-refractivity contribution is 7.09. The van der Waals surface area contributed by atoms with E-state index in [0.29, 0.717) is 6.54 Å². The minimum absolute atomic E-state index is 0.0407. The number of imidazole rings is 1. The van der Waals surface area contributed by atoms with Crippen LogP contribution in [-0.4, -0.2) is 37.7 Å². The summed E-state index contributed by atoms with van der Waals surface area (Å²) in [4.78, 5) is 29.4. The predicted octanol–water partition coefficient (Wildman–Crippen LogP) is 2.75. The van der Waals surface area contributed by atoms with Gasteiger partial charge >= 0.3 is 12.1 Å². The Morgan fingerprint density at radius 1 is 1.30 bits per heavy atom. The number of carboxylic acids is 1. The summed E-state index contributed by atoms with van der Waals surface area (Å²) in [7, 11) is 0. The van der Waals surface area contributed by atoms with E-state index in [2.05, 4.69) is 15.3 Å². The van der Waals surface area contributed by atoms with Crippen LogP contribution in [0.5, 0.6) is 0 Å². The van der Waals surface area contributed by atoms with Gasteiger partial charge in [-0.25, -0.2) is 14.8 Å². The number of fused-ring (bicyclic) bond motifs is 1. The van der Waals surface area contributed by atoms with E-state index < -0.39 is 12.1 Å². The smallest absolute Gasteiger partial charge is 0.475 e. The Hall–Kier alpha value is -2.95. The van der Waals surface area contributed by atoms with E-state index in [1.54, 1.807) is 17.7 Å². The van der Waals surface area contributed by atoms with Crippen LogP contribution in [-0.2, 0) is 22.7 Å². The van der Waals surface area contributed by atoms with Crippen molar-refractivity contribution in [1.82, 2.24) is 19.9 Å². The Balaban J connectivity index is 0.000000321. The SMILES string of the molecule is Cc1csc(CNC(=O)Cn2cnc3ccccc32)n1.O=C(O)C(F)(F)F. The van der Waals surface area contributed by atoms with Crippen molar-refractivity contribution in [2.75, 3.05) is 0 Å². The maximum atomic E-state index is 12.0. The highest BCUT2D eigenvalue weighted by Crippen LogP contribution is 2.13. The van der Waals surface area contributed by atoms with Gasteiger partial charge in [-0.05, 0) is 19.1 Å². The number of para-hydroxylation sites is 2. The van der Waals surface area contributed by atoms with Gasteiger partial charge in [0.15, 0.2) is 0 Å². The number of carbonyl (C=O) groups excluding carboxylic acids is 1. The third-order valence-corrected chi connectivity index (χ3v) is 4.15. The van der Waals surface area contributed by atoms with Crippen LogP contribution in [0.4, 0.5) is 13.2 Å². The van der Waals surface area contributed by atoms with Crippen LogP contribution in [0.15, 0.2) is 36.0 Å². The molecule has 0 bridgehead atoms. The molecule has 27 heavy (non-hydrogen) atoms. The van der Waals surface area contributed by atoms with Crippen LogP contribution in [0, 0.1) is 6.92 Å². The maximum Gasteiger partial charge on any atom is 0.490 e. The number of carboxylic acid groups (broad SMARTS) is 1. The third kappa shape index (κ3) is 6.06. The van der Waals surface area contributed by atoms with E-state index in [1.807, 2.05) is 41.1 Å². The molecule has 3 rings (SSSR count). The van der Waals surface area contributed by atoms with Crippen molar-refractivity contribution in [2.24, 2.45) is 0 Å². The van der Waals surface area contributed by atoms with Crippen LogP contribution in [0.25, 0.3) is 11.0 Å². The number of hydrogen-bond donors (Lipinski definition) is 2. The number of carbonyl (C=O) groups is 2. The molecule has 0 spiro atoms. The van der Waals surface area contributed by atoms with Gasteiger partial charge in [-0.3, -0.25) is 4.79 Å². The number of benzene rings is 1. The standard InChI is InChI=1S/C14H14N4OS.C2HF3O2/c1-10-8-20-14(17-10)6-15-13(19)7-18-9-16-11-4-2-3-5-12(11)18;3-2(4,5)1(6)7/h2-5,8-9H,6-7H2,1H3,(H,15,19);(H,6,7). The Bertz CT molecular complexity index is 936. The van der Waals surface area contributed by atoms with Crippen LogP contribution >= 0.6 is 11.3 Å². The van der Waals surface area contributed by atoms with Gasteiger partial charge in [0, 0.05) is 11.1 Å². The van der Waals surface area contributed by atoms with Crippen LogP contribution in [0.1, 0.15) is 10.7 Å². The molecule has 7 nitrogen and oxygen atoms in total. The first-order valence-corrected chi connectivity index (χ1v) is 8.42. The topological polar surface area (TPSA) is 97.1 Å². The quantitative estimate of drug-likeness (QED) is 0.702. The number of alkyl halides is 3. The molecule has 2 aromatic heterocycles. The Morgan fingerprint density at radius 3 is 2.56 bits per heavy atom. The molecular weight excluding hydrogens is 385 g/mol. The number of hydrogen-bond acceptors (Lipinski definition) is 5. The van der Waals surface area contributed by atoms with Crippen LogP contribution in [0.2, 0.25) is 0 Å². The molecule has 0 atom stereocenters. The average Bonchev–Trinajstić information content (AvgIpc) is 3.19. The fourth-order valence-electron chi connectivity index (χ4n) is 2.01. The molecule has 0 aliphatic heterocycles. The zero-order valence-electron chi connectivity index (χ0n) is 14.0. The number of rotatable bonds is 4. The predicted molar refractivity (Wildman–Crippen MR) is 92.1 cm³/mol. The van der Waals surface area contributed by atoms with Gasteiger partial charge in [0.2, 0.25) is 5.91 Å². The zero-order chi connectivity index (χ0) is 20.0. The second kappa shape index (κ2) is 8.62. The molecule has 2 N–H and O–H groups in total. The largest absolute Gasteiger partial charge is 0.490 e. The number of aromatic nitrogens is 3. The Kier molecular flexibility index (Phi) is 6.50. The van der Waals surface area contributed by atoms with E-state index in [0.717, 1.165) is 21.7 Å². The minimum atomic E-state index is -5.08. The normalized spacial score (nSPS) is 11.0. The van der Waals surface area contributed by atoms with Crippen LogP contribution < -0.4 is 5.32 Å². The lowest BCUT2D eigenvalue weighted by molar-refractivity contribution is -0.192. The molecule has 0 saturated carbocycles. The number of aryl methyl sites for hydroxylation is 1. The van der Waals surface area contributed by atoms with E-state index in [9.17, 15) is 18.0 Å². The van der Waals surface area contributed by atoms with Crippen molar-refractivity contribution in [3.63, 3.8) is 0 Å². The number of nitrogens with zero attached hydrogens (tertiary/aromatic N) is 3. The summed E-state index contributed by atoms with van der Waals surface area (Å²) in [5.74, 6) is -2.80. The third-order valence-electron chi connectivity index (χ3n) is 3.19. The van der Waals surface area contributed by atoms with E-state index in [4.69, 9.17) is 9.90 Å². The lowest BCUT2D eigenvalue weighted by atomic mass is 10.3. The minimum Gasteiger partial charge on any atom is -0.475 e. The summed E-state index contributed by atoms with van der Waals surface area (Å²) in [6, 6.07) is 7.77. The molecule has 1 amide bonds. The highest BCUT2D eigenvalue weighted by Gasteiger charge is 2.38. The van der Waals surface area contributed by atoms with Gasteiger partial charge in [-0.15, -0.1) is 11.3 Å². The molecule has 144 valence electrons. The molecule has 0 unspecified atom stereocenters. The van der Waals surface area contributed by atoms with E-state index in [-0.39, 0.29) is 12.5 Å². The average molecular weight is 400 g/mol. The van der Waals surface area contributed by atoms with Gasteiger partial charge in [-0.1, -0.05) is 12.1 Å². The van der Waals surface area contributed by atoms with Gasteiger partial charge < -0.3 is 15.0 Å². The molecule has 11 heteroatoms. The van der Waals surface area contributed by atoms with E-state index >= 15 is 0 Å².